The van der Waals surface area contributed by atoms with E-state index in [2.05, 4.69) is 0 Å². The summed E-state index contributed by atoms with van der Waals surface area (Å²) < 4.78 is 5.60. The van der Waals surface area contributed by atoms with E-state index >= 15 is 0 Å². The molecule has 2 unspecified atom stereocenters. The van der Waals surface area contributed by atoms with Gasteiger partial charge in [-0.05, 0) is 31.6 Å². The Labute approximate surface area is 111 Å². The summed E-state index contributed by atoms with van der Waals surface area (Å²) in [5.74, 6) is 0.440. The number of rotatable bonds is 3. The van der Waals surface area contributed by atoms with Crippen LogP contribution in [0.1, 0.15) is 57.8 Å². The molecule has 1 aliphatic heterocycles. The molecule has 0 spiro atoms. The van der Waals surface area contributed by atoms with Gasteiger partial charge in [0.05, 0.1) is 12.7 Å². The Morgan fingerprint density at radius 1 is 1.11 bits per heavy atom. The van der Waals surface area contributed by atoms with E-state index in [1.54, 1.807) is 0 Å². The van der Waals surface area contributed by atoms with Crippen LogP contribution >= 0.6 is 0 Å². The summed E-state index contributed by atoms with van der Waals surface area (Å²) in [5, 5.41) is 10.8. The van der Waals surface area contributed by atoms with E-state index in [9.17, 15) is 5.11 Å². The van der Waals surface area contributed by atoms with Gasteiger partial charge in [-0.2, -0.15) is 0 Å². The zero-order chi connectivity index (χ0) is 12.8. The predicted molar refractivity (Wildman–Crippen MR) is 73.4 cm³/mol. The third kappa shape index (κ3) is 3.25. The summed E-state index contributed by atoms with van der Waals surface area (Å²) in [6.07, 6.45) is 10.7. The van der Waals surface area contributed by atoms with Crippen molar-refractivity contribution in [2.24, 2.45) is 17.1 Å². The molecule has 0 aromatic heterocycles. The lowest BCUT2D eigenvalue weighted by atomic mass is 9.70. The lowest BCUT2D eigenvalue weighted by Gasteiger charge is -2.43. The van der Waals surface area contributed by atoms with Crippen LogP contribution < -0.4 is 5.73 Å². The molecule has 3 heteroatoms. The van der Waals surface area contributed by atoms with Crippen molar-refractivity contribution in [3.8, 4) is 0 Å². The van der Waals surface area contributed by atoms with Crippen LogP contribution in [0.4, 0.5) is 0 Å². The van der Waals surface area contributed by atoms with Crippen molar-refractivity contribution in [2.45, 2.75) is 63.9 Å². The molecule has 106 valence electrons. The first kappa shape index (κ1) is 14.3. The molecule has 18 heavy (non-hydrogen) atoms. The minimum atomic E-state index is -0.263. The lowest BCUT2D eigenvalue weighted by Crippen LogP contribution is -2.51. The van der Waals surface area contributed by atoms with Crippen molar-refractivity contribution in [1.82, 2.24) is 0 Å². The second kappa shape index (κ2) is 6.88. The van der Waals surface area contributed by atoms with Crippen molar-refractivity contribution in [2.75, 3.05) is 19.8 Å². The van der Waals surface area contributed by atoms with E-state index in [1.807, 2.05) is 0 Å². The molecule has 1 aliphatic carbocycles. The Hall–Kier alpha value is -0.120. The Morgan fingerprint density at radius 3 is 2.33 bits per heavy atom. The number of ether oxygens (including phenoxy) is 1. The van der Waals surface area contributed by atoms with Crippen LogP contribution in [0.25, 0.3) is 0 Å². The number of aliphatic hydroxyl groups excluding tert-OH is 1. The normalized spacial score (nSPS) is 33.7. The van der Waals surface area contributed by atoms with Crippen molar-refractivity contribution in [3.63, 3.8) is 0 Å². The van der Waals surface area contributed by atoms with E-state index < -0.39 is 0 Å². The minimum absolute atomic E-state index is 0.165. The molecule has 3 nitrogen and oxygen atoms in total. The molecule has 0 amide bonds. The van der Waals surface area contributed by atoms with Crippen LogP contribution in [-0.2, 0) is 4.74 Å². The van der Waals surface area contributed by atoms with Crippen LogP contribution in [0.2, 0.25) is 0 Å². The fourth-order valence-electron chi connectivity index (χ4n) is 3.69. The maximum atomic E-state index is 10.8. The number of hydrogen-bond donors (Lipinski definition) is 2. The molecule has 2 rings (SSSR count). The standard InChI is InChI=1S/C15H29NO2/c16-11-15(9-6-10-18-12-15)14(17)13-7-4-2-1-3-5-8-13/h13-14,17H,1-12,16H2. The summed E-state index contributed by atoms with van der Waals surface area (Å²) >= 11 is 0. The van der Waals surface area contributed by atoms with Crippen molar-refractivity contribution < 1.29 is 9.84 Å². The van der Waals surface area contributed by atoms with Gasteiger partial charge in [0, 0.05) is 18.6 Å². The summed E-state index contributed by atoms with van der Waals surface area (Å²) in [6.45, 7) is 2.05. The third-order valence-electron chi connectivity index (χ3n) is 4.98. The highest BCUT2D eigenvalue weighted by Gasteiger charge is 2.42. The van der Waals surface area contributed by atoms with Gasteiger partial charge in [0.25, 0.3) is 0 Å². The van der Waals surface area contributed by atoms with Crippen molar-refractivity contribution in [1.29, 1.82) is 0 Å². The summed E-state index contributed by atoms with van der Waals surface area (Å²) in [7, 11) is 0. The predicted octanol–water partition coefficient (Wildman–Crippen LogP) is 2.46. The molecule has 2 aliphatic rings. The van der Waals surface area contributed by atoms with Gasteiger partial charge in [-0.25, -0.2) is 0 Å². The van der Waals surface area contributed by atoms with Crippen molar-refractivity contribution in [3.05, 3.63) is 0 Å². The minimum Gasteiger partial charge on any atom is -0.392 e. The molecular formula is C15H29NO2. The van der Waals surface area contributed by atoms with E-state index in [-0.39, 0.29) is 11.5 Å². The quantitative estimate of drug-likeness (QED) is 0.814. The average Bonchev–Trinajstić information content (AvgIpc) is 2.38. The number of nitrogens with two attached hydrogens (primary N) is 1. The molecule has 2 atom stereocenters. The van der Waals surface area contributed by atoms with Crippen LogP contribution in [0.5, 0.6) is 0 Å². The number of hydrogen-bond acceptors (Lipinski definition) is 3. The SMILES string of the molecule is NCC1(C(O)C2CCCCCCC2)CCCOC1. The van der Waals surface area contributed by atoms with E-state index in [0.29, 0.717) is 19.1 Å². The molecular weight excluding hydrogens is 226 g/mol. The molecule has 0 aromatic carbocycles. The molecule has 1 saturated heterocycles. The molecule has 3 N–H and O–H groups in total. The first-order valence-corrected chi connectivity index (χ1v) is 7.74. The lowest BCUT2D eigenvalue weighted by molar-refractivity contribution is -0.101. The van der Waals surface area contributed by atoms with Crippen LogP contribution in [0.15, 0.2) is 0 Å². The van der Waals surface area contributed by atoms with E-state index in [4.69, 9.17) is 10.5 Å². The summed E-state index contributed by atoms with van der Waals surface area (Å²) in [5.41, 5.74) is 5.81. The monoisotopic (exact) mass is 255 g/mol. The van der Waals surface area contributed by atoms with Crippen LogP contribution in [0, 0.1) is 11.3 Å². The summed E-state index contributed by atoms with van der Waals surface area (Å²) in [6, 6.07) is 0. The van der Waals surface area contributed by atoms with Gasteiger partial charge in [-0.3, -0.25) is 0 Å². The van der Waals surface area contributed by atoms with E-state index in [0.717, 1.165) is 19.4 Å². The highest BCUT2D eigenvalue weighted by atomic mass is 16.5. The van der Waals surface area contributed by atoms with Crippen molar-refractivity contribution >= 4 is 0 Å². The average molecular weight is 255 g/mol. The second-order valence-electron chi connectivity index (χ2n) is 6.27. The van der Waals surface area contributed by atoms with Gasteiger partial charge in [-0.15, -0.1) is 0 Å². The fourth-order valence-corrected chi connectivity index (χ4v) is 3.69. The maximum Gasteiger partial charge on any atom is 0.0658 e. The first-order valence-electron chi connectivity index (χ1n) is 7.74. The second-order valence-corrected chi connectivity index (χ2v) is 6.27. The Morgan fingerprint density at radius 2 is 1.78 bits per heavy atom. The highest BCUT2D eigenvalue weighted by Crippen LogP contribution is 2.38. The fraction of sp³-hybridized carbons (Fsp3) is 1.00. The Bertz CT molecular complexity index is 231. The molecule has 0 radical (unpaired) electrons. The third-order valence-corrected chi connectivity index (χ3v) is 4.98. The van der Waals surface area contributed by atoms with Gasteiger partial charge in [0.2, 0.25) is 0 Å². The topological polar surface area (TPSA) is 55.5 Å². The van der Waals surface area contributed by atoms with Gasteiger partial charge in [0.1, 0.15) is 0 Å². The molecule has 2 fully saturated rings. The first-order chi connectivity index (χ1) is 8.78. The zero-order valence-electron chi connectivity index (χ0n) is 11.6. The van der Waals surface area contributed by atoms with Gasteiger partial charge in [0.15, 0.2) is 0 Å². The Kier molecular flexibility index (Phi) is 5.46. The van der Waals surface area contributed by atoms with Crippen LogP contribution in [0.3, 0.4) is 0 Å². The van der Waals surface area contributed by atoms with E-state index in [1.165, 1.54) is 44.9 Å². The number of aliphatic hydroxyl groups is 1. The molecule has 0 bridgehead atoms. The highest BCUT2D eigenvalue weighted by molar-refractivity contribution is 4.93. The maximum absolute atomic E-state index is 10.8. The van der Waals surface area contributed by atoms with Gasteiger partial charge in [-0.1, -0.05) is 32.1 Å². The van der Waals surface area contributed by atoms with Gasteiger partial charge < -0.3 is 15.6 Å². The zero-order valence-corrected chi connectivity index (χ0v) is 11.6. The molecule has 1 heterocycles. The molecule has 1 saturated carbocycles. The molecule has 0 aromatic rings. The summed E-state index contributed by atoms with van der Waals surface area (Å²) in [4.78, 5) is 0. The smallest absolute Gasteiger partial charge is 0.0658 e. The van der Waals surface area contributed by atoms with Crippen LogP contribution in [-0.4, -0.2) is 31.0 Å². The van der Waals surface area contributed by atoms with Gasteiger partial charge >= 0.3 is 0 Å². The largest absolute Gasteiger partial charge is 0.392 e. The Balaban J connectivity index is 1.99.